The molecular weight excluding hydrogens is 603 g/mol. The number of likely N-dealkylation sites (N-methyl/N-ethyl adjacent to an activating group) is 1. The summed E-state index contributed by atoms with van der Waals surface area (Å²) in [5.41, 5.74) is -3.59. The van der Waals surface area contributed by atoms with Crippen LogP contribution in [0.4, 0.5) is 42.4 Å². The Labute approximate surface area is 247 Å². The number of nitrogens with two attached hydrogens (primary N) is 1. The third-order valence-electron chi connectivity index (χ3n) is 7.69. The molecule has 0 aliphatic carbocycles. The zero-order chi connectivity index (χ0) is 31.3. The smallest absolute Gasteiger partial charge is 0.446 e. The van der Waals surface area contributed by atoms with Crippen LogP contribution in [0.2, 0.25) is 0 Å². The van der Waals surface area contributed by atoms with Crippen LogP contribution in [0, 0.1) is 12.7 Å². The van der Waals surface area contributed by atoms with Crippen LogP contribution < -0.4 is 20.7 Å². The lowest BCUT2D eigenvalue weighted by atomic mass is 9.98. The fraction of sp³-hybridized carbons (Fsp3) is 0.519. The van der Waals surface area contributed by atoms with Crippen molar-refractivity contribution in [3.05, 3.63) is 29.1 Å². The molecule has 8 nitrogen and oxygen atoms in total. The molecule has 3 aromatic rings. The van der Waals surface area contributed by atoms with Crippen LogP contribution in [0.3, 0.4) is 0 Å². The van der Waals surface area contributed by atoms with Gasteiger partial charge in [-0.3, -0.25) is 0 Å². The Hall–Kier alpha value is -3.11. The Bertz CT molecular complexity index is 1520. The minimum atomic E-state index is -5.07. The molecule has 4 heterocycles. The summed E-state index contributed by atoms with van der Waals surface area (Å²) in [6.07, 6.45) is -3.27. The summed E-state index contributed by atoms with van der Waals surface area (Å²) < 4.78 is 107. The van der Waals surface area contributed by atoms with E-state index in [4.69, 9.17) is 10.5 Å². The number of halogens is 7. The van der Waals surface area contributed by atoms with E-state index in [0.717, 1.165) is 38.4 Å². The van der Waals surface area contributed by atoms with Gasteiger partial charge in [-0.15, -0.1) is 0 Å². The third kappa shape index (κ3) is 6.55. The molecule has 2 fully saturated rings. The molecule has 2 atom stereocenters. The maximum absolute atomic E-state index is 16.6. The van der Waals surface area contributed by atoms with Gasteiger partial charge in [-0.25, -0.2) is 9.37 Å². The highest BCUT2D eigenvalue weighted by Crippen LogP contribution is 2.49. The summed E-state index contributed by atoms with van der Waals surface area (Å²) in [6, 6.07) is 1.52. The average molecular weight is 634 g/mol. The summed E-state index contributed by atoms with van der Waals surface area (Å²) in [7, 11) is 1.93. The lowest BCUT2D eigenvalue weighted by Gasteiger charge is -2.35. The molecule has 3 N–H and O–H groups in total. The molecule has 0 amide bonds. The van der Waals surface area contributed by atoms with Gasteiger partial charge in [-0.1, -0.05) is 0 Å². The number of ether oxygens (including phenoxy) is 1. The molecule has 0 radical (unpaired) electrons. The molecule has 2 aliphatic rings. The second-order valence-electron chi connectivity index (χ2n) is 10.8. The van der Waals surface area contributed by atoms with Gasteiger partial charge in [-0.2, -0.15) is 36.3 Å². The zero-order valence-electron chi connectivity index (χ0n) is 23.5. The van der Waals surface area contributed by atoms with Crippen LogP contribution in [0.25, 0.3) is 22.2 Å². The van der Waals surface area contributed by atoms with Crippen molar-refractivity contribution in [2.24, 2.45) is 0 Å². The number of nitrogens with one attached hydrogen (secondary N) is 1. The molecule has 234 valence electrons. The maximum Gasteiger partial charge on any atom is 0.446 e. The number of piperazine rings is 1. The fourth-order valence-corrected chi connectivity index (χ4v) is 6.34. The van der Waals surface area contributed by atoms with Gasteiger partial charge in [0.25, 0.3) is 0 Å². The number of aryl methyl sites for hydroxylation is 1. The van der Waals surface area contributed by atoms with Crippen molar-refractivity contribution in [1.82, 2.24) is 25.2 Å². The van der Waals surface area contributed by atoms with Crippen LogP contribution >= 0.6 is 11.8 Å². The van der Waals surface area contributed by atoms with Crippen molar-refractivity contribution in [3.63, 3.8) is 0 Å². The highest BCUT2D eigenvalue weighted by atomic mass is 32.2. The molecule has 1 aromatic carbocycles. The summed E-state index contributed by atoms with van der Waals surface area (Å²) in [6.45, 7) is 5.39. The lowest BCUT2D eigenvalue weighted by molar-refractivity contribution is -0.137. The largest absolute Gasteiger partial charge is 0.462 e. The Morgan fingerprint density at radius 1 is 1.12 bits per heavy atom. The number of alkyl halides is 6. The Morgan fingerprint density at radius 3 is 2.49 bits per heavy atom. The first kappa shape index (κ1) is 31.3. The van der Waals surface area contributed by atoms with E-state index in [2.05, 4.69) is 25.2 Å². The van der Waals surface area contributed by atoms with Gasteiger partial charge in [0.05, 0.1) is 16.8 Å². The lowest BCUT2D eigenvalue weighted by Crippen LogP contribution is -2.50. The first-order valence-electron chi connectivity index (χ1n) is 13.6. The summed E-state index contributed by atoms with van der Waals surface area (Å²) in [4.78, 5) is 15.5. The number of rotatable bonds is 6. The minimum absolute atomic E-state index is 0.0423. The number of thioether (sulfide) groups is 1. The van der Waals surface area contributed by atoms with Crippen molar-refractivity contribution >= 4 is 34.3 Å². The fourth-order valence-electron chi connectivity index (χ4n) is 5.63. The van der Waals surface area contributed by atoms with E-state index >= 15 is 4.39 Å². The van der Waals surface area contributed by atoms with Crippen LogP contribution in [0.15, 0.2) is 17.0 Å². The highest BCUT2D eigenvalue weighted by Gasteiger charge is 2.40. The van der Waals surface area contributed by atoms with Crippen molar-refractivity contribution in [3.8, 4) is 17.3 Å². The molecule has 0 unspecified atom stereocenters. The van der Waals surface area contributed by atoms with Gasteiger partial charge in [0.1, 0.15) is 23.8 Å². The van der Waals surface area contributed by atoms with E-state index in [1.807, 2.05) is 14.0 Å². The van der Waals surface area contributed by atoms with Crippen LogP contribution in [0.5, 0.6) is 6.01 Å². The second kappa shape index (κ2) is 11.8. The summed E-state index contributed by atoms with van der Waals surface area (Å²) >= 11 is -0.741. The molecular formula is C27H30F7N7OS. The molecule has 2 saturated heterocycles. The van der Waals surface area contributed by atoms with E-state index < -0.39 is 67.9 Å². The van der Waals surface area contributed by atoms with Gasteiger partial charge in [0, 0.05) is 42.0 Å². The SMILES string of the molecule is Cc1cc(N)nc(-c2c(SC(F)(F)F)cc3c(N4CCNC[C@@H]4C)nc(OC[C@@H]4CCCN4C)nc3c2F)c1C(F)(F)F. The summed E-state index contributed by atoms with van der Waals surface area (Å²) in [5, 5.41) is 3.11. The number of hydrogen-bond donors (Lipinski definition) is 2. The van der Waals surface area contributed by atoms with Crippen LogP contribution in [-0.4, -0.2) is 77.3 Å². The van der Waals surface area contributed by atoms with Gasteiger partial charge in [0.2, 0.25) is 0 Å². The standard InChI is InChI=1S/C27H30F7N7OS/c1-13-9-18(35)37-23(20(13)26(29,30)31)19-17(43-27(32,33)34)10-16-22(21(19)28)38-25(42-12-15-5-4-7-40(15)3)39-24(16)41-8-6-36-11-14(41)2/h9-10,14-15,36H,4-8,11-12H2,1-3H3,(H2,35,37)/t14-,15-/m0/s1. The predicted molar refractivity (Wildman–Crippen MR) is 150 cm³/mol. The Morgan fingerprint density at radius 2 is 1.86 bits per heavy atom. The first-order valence-corrected chi connectivity index (χ1v) is 14.4. The van der Waals surface area contributed by atoms with E-state index in [1.165, 1.54) is 0 Å². The van der Waals surface area contributed by atoms with E-state index in [-0.39, 0.29) is 35.9 Å². The normalized spacial score (nSPS) is 20.3. The van der Waals surface area contributed by atoms with Crippen molar-refractivity contribution < 1.29 is 35.5 Å². The molecule has 0 saturated carbocycles. The average Bonchev–Trinajstić information content (AvgIpc) is 3.30. The van der Waals surface area contributed by atoms with E-state index in [0.29, 0.717) is 19.6 Å². The molecule has 0 spiro atoms. The van der Waals surface area contributed by atoms with Gasteiger partial charge < -0.3 is 25.6 Å². The summed E-state index contributed by atoms with van der Waals surface area (Å²) in [5.74, 6) is -1.71. The number of benzene rings is 1. The predicted octanol–water partition coefficient (Wildman–Crippen LogP) is 5.62. The molecule has 43 heavy (non-hydrogen) atoms. The second-order valence-corrected chi connectivity index (χ2v) is 11.9. The van der Waals surface area contributed by atoms with Crippen molar-refractivity contribution in [2.75, 3.05) is 50.5 Å². The zero-order valence-corrected chi connectivity index (χ0v) is 24.4. The number of anilines is 2. The number of fused-ring (bicyclic) bond motifs is 1. The number of pyridine rings is 1. The number of aromatic nitrogens is 3. The molecule has 2 aromatic heterocycles. The monoisotopic (exact) mass is 633 g/mol. The van der Waals surface area contributed by atoms with Crippen molar-refractivity contribution in [1.29, 1.82) is 0 Å². The molecule has 2 aliphatic heterocycles. The van der Waals surface area contributed by atoms with E-state index in [1.54, 1.807) is 4.90 Å². The quantitative estimate of drug-likeness (QED) is 0.265. The van der Waals surface area contributed by atoms with Crippen LogP contribution in [-0.2, 0) is 6.18 Å². The first-order chi connectivity index (χ1) is 20.1. The van der Waals surface area contributed by atoms with Gasteiger partial charge >= 0.3 is 17.7 Å². The number of nitrogen functional groups attached to an aromatic ring is 1. The van der Waals surface area contributed by atoms with Crippen LogP contribution in [0.1, 0.15) is 30.9 Å². The maximum atomic E-state index is 16.6. The number of nitrogens with zero attached hydrogens (tertiary/aromatic N) is 5. The number of hydrogen-bond acceptors (Lipinski definition) is 9. The van der Waals surface area contributed by atoms with Gasteiger partial charge in [-0.05, 0) is 69.7 Å². The Kier molecular flexibility index (Phi) is 8.57. The van der Waals surface area contributed by atoms with Crippen molar-refractivity contribution in [2.45, 2.75) is 55.4 Å². The minimum Gasteiger partial charge on any atom is -0.462 e. The van der Waals surface area contributed by atoms with E-state index in [9.17, 15) is 26.3 Å². The van der Waals surface area contributed by atoms with Gasteiger partial charge in [0.15, 0.2) is 5.82 Å². The molecule has 16 heteroatoms. The highest BCUT2D eigenvalue weighted by molar-refractivity contribution is 8.00. The molecule has 0 bridgehead atoms. The molecule has 5 rings (SSSR count). The third-order valence-corrected chi connectivity index (χ3v) is 8.46. The number of likely N-dealkylation sites (tertiary alicyclic amines) is 1. The topological polar surface area (TPSA) is 92.4 Å². The Balaban J connectivity index is 1.79.